The first-order valence-corrected chi connectivity index (χ1v) is 17.2. The summed E-state index contributed by atoms with van der Waals surface area (Å²) in [5.74, 6) is -0.345. The van der Waals surface area contributed by atoms with Crippen LogP contribution in [-0.4, -0.2) is 28.8 Å². The normalized spacial score (nSPS) is 11.1. The predicted octanol–water partition coefficient (Wildman–Crippen LogP) is 10.7. The third kappa shape index (κ3) is 23.2. The van der Waals surface area contributed by atoms with Gasteiger partial charge in [0.15, 0.2) is 0 Å². The van der Waals surface area contributed by atoms with E-state index in [4.69, 9.17) is 14.9 Å². The Hall–Kier alpha value is -2.04. The molecule has 0 aliphatic heterocycles. The van der Waals surface area contributed by atoms with Gasteiger partial charge in [-0.25, -0.2) is 0 Å². The van der Waals surface area contributed by atoms with Gasteiger partial charge in [0.1, 0.15) is 5.75 Å². The van der Waals surface area contributed by atoms with Crippen molar-refractivity contribution in [3.63, 3.8) is 0 Å². The molecule has 0 unspecified atom stereocenters. The number of hydrogen-bond donors (Lipinski definition) is 2. The van der Waals surface area contributed by atoms with Gasteiger partial charge >= 0.3 is 11.9 Å². The van der Waals surface area contributed by atoms with Crippen molar-refractivity contribution in [3.05, 3.63) is 29.3 Å². The molecule has 0 aliphatic rings. The van der Waals surface area contributed by atoms with Crippen LogP contribution in [0.3, 0.4) is 0 Å². The molecule has 5 nitrogen and oxygen atoms in total. The van der Waals surface area contributed by atoms with Crippen molar-refractivity contribution in [1.29, 1.82) is 0 Å². The minimum atomic E-state index is -0.683. The fraction of sp³-hybridized carbons (Fsp3) is 0.778. The van der Waals surface area contributed by atoms with Crippen molar-refractivity contribution in [2.24, 2.45) is 0 Å². The highest BCUT2D eigenvalue weighted by atomic mass is 16.5. The van der Waals surface area contributed by atoms with Gasteiger partial charge in [0.2, 0.25) is 0 Å². The van der Waals surface area contributed by atoms with Crippen molar-refractivity contribution in [2.45, 2.75) is 174 Å². The number of carbonyl (C=O) groups is 2. The zero-order valence-corrected chi connectivity index (χ0v) is 26.4. The van der Waals surface area contributed by atoms with Crippen LogP contribution in [0.15, 0.2) is 18.2 Å². The molecule has 0 spiro atoms. The second kappa shape index (κ2) is 26.8. The highest BCUT2D eigenvalue weighted by Gasteiger charge is 2.07. The first-order valence-electron chi connectivity index (χ1n) is 17.2. The Bertz CT molecular complexity index is 775. The maximum atomic E-state index is 10.6. The van der Waals surface area contributed by atoms with Gasteiger partial charge in [-0.15, -0.1) is 0 Å². The van der Waals surface area contributed by atoms with Gasteiger partial charge < -0.3 is 14.9 Å². The highest BCUT2D eigenvalue weighted by Crippen LogP contribution is 2.23. The molecular weight excluding hydrogens is 512 g/mol. The molecule has 0 fully saturated rings. The zero-order valence-electron chi connectivity index (χ0n) is 26.4. The molecule has 0 radical (unpaired) electrons. The summed E-state index contributed by atoms with van der Waals surface area (Å²) < 4.78 is 6.17. The van der Waals surface area contributed by atoms with Crippen LogP contribution in [0, 0.1) is 0 Å². The molecule has 0 aromatic heterocycles. The van der Waals surface area contributed by atoms with Crippen LogP contribution < -0.4 is 4.74 Å². The largest absolute Gasteiger partial charge is 0.494 e. The minimum absolute atomic E-state index is 0.299. The summed E-state index contributed by atoms with van der Waals surface area (Å²) >= 11 is 0. The molecule has 0 heterocycles. The monoisotopic (exact) mass is 574 g/mol. The van der Waals surface area contributed by atoms with Gasteiger partial charge in [-0.1, -0.05) is 122 Å². The van der Waals surface area contributed by atoms with E-state index < -0.39 is 11.9 Å². The number of carboxylic acid groups (broad SMARTS) is 2. The maximum absolute atomic E-state index is 10.6. The SMILES string of the molecule is CCCCCCCCCCOc1ccc(CCCCCCCCCC(=O)O)c(CCCCCCCCCC(=O)O)c1. The van der Waals surface area contributed by atoms with E-state index in [0.717, 1.165) is 70.1 Å². The second-order valence-electron chi connectivity index (χ2n) is 12.0. The van der Waals surface area contributed by atoms with E-state index in [-0.39, 0.29) is 0 Å². The van der Waals surface area contributed by atoms with E-state index >= 15 is 0 Å². The second-order valence-corrected chi connectivity index (χ2v) is 12.0. The molecule has 236 valence electrons. The number of aryl methyl sites for hydroxylation is 2. The summed E-state index contributed by atoms with van der Waals surface area (Å²) in [5, 5.41) is 17.5. The van der Waals surface area contributed by atoms with Crippen LogP contribution in [0.5, 0.6) is 5.75 Å². The van der Waals surface area contributed by atoms with Crippen molar-refractivity contribution in [3.8, 4) is 5.75 Å². The number of aliphatic carboxylic acids is 2. The molecule has 2 N–H and O–H groups in total. The lowest BCUT2D eigenvalue weighted by molar-refractivity contribution is -0.138. The third-order valence-electron chi connectivity index (χ3n) is 8.12. The number of unbranched alkanes of at least 4 members (excludes halogenated alkanes) is 19. The Morgan fingerprint density at radius 3 is 1.44 bits per heavy atom. The van der Waals surface area contributed by atoms with Gasteiger partial charge in [-0.3, -0.25) is 9.59 Å². The van der Waals surface area contributed by atoms with E-state index in [2.05, 4.69) is 25.1 Å². The van der Waals surface area contributed by atoms with Crippen molar-refractivity contribution < 1.29 is 24.5 Å². The first kappa shape index (κ1) is 37.0. The summed E-state index contributed by atoms with van der Waals surface area (Å²) in [6.45, 7) is 3.07. The smallest absolute Gasteiger partial charge is 0.303 e. The molecule has 1 rings (SSSR count). The number of ether oxygens (including phenoxy) is 1. The number of carboxylic acids is 2. The van der Waals surface area contributed by atoms with E-state index in [1.165, 1.54) is 107 Å². The standard InChI is InChI=1S/C36H62O5/c1-2-3-4-5-6-13-18-23-30-41-34-29-28-32(24-19-14-9-7-11-16-21-26-35(37)38)33(31-34)25-20-15-10-8-12-17-22-27-36(39)40/h28-29,31H,2-27,30H2,1H3,(H,37,38)(H,39,40). The molecule has 0 bridgehead atoms. The van der Waals surface area contributed by atoms with Gasteiger partial charge in [0.05, 0.1) is 6.61 Å². The highest BCUT2D eigenvalue weighted by molar-refractivity contribution is 5.66. The lowest BCUT2D eigenvalue weighted by Gasteiger charge is -2.13. The lowest BCUT2D eigenvalue weighted by Crippen LogP contribution is -2.01. The van der Waals surface area contributed by atoms with Gasteiger partial charge in [0, 0.05) is 12.8 Å². The molecule has 1 aromatic rings. The molecule has 0 saturated heterocycles. The summed E-state index contributed by atoms with van der Waals surface area (Å²) in [7, 11) is 0. The Kier molecular flexibility index (Phi) is 24.2. The van der Waals surface area contributed by atoms with Crippen LogP contribution in [0.4, 0.5) is 0 Å². The Morgan fingerprint density at radius 1 is 0.537 bits per heavy atom. The van der Waals surface area contributed by atoms with E-state index in [1.807, 2.05) is 0 Å². The molecule has 0 atom stereocenters. The Labute approximate surface area is 251 Å². The maximum Gasteiger partial charge on any atom is 0.303 e. The van der Waals surface area contributed by atoms with Crippen LogP contribution >= 0.6 is 0 Å². The van der Waals surface area contributed by atoms with Gasteiger partial charge in [-0.05, 0) is 68.2 Å². The lowest BCUT2D eigenvalue weighted by atomic mass is 9.96. The Balaban J connectivity index is 2.39. The summed E-state index contributed by atoms with van der Waals surface area (Å²) in [4.78, 5) is 21.3. The zero-order chi connectivity index (χ0) is 29.8. The van der Waals surface area contributed by atoms with E-state index in [9.17, 15) is 9.59 Å². The van der Waals surface area contributed by atoms with Gasteiger partial charge in [0.25, 0.3) is 0 Å². The molecular formula is C36H62O5. The fourth-order valence-electron chi connectivity index (χ4n) is 5.55. The predicted molar refractivity (Wildman–Crippen MR) is 171 cm³/mol. The van der Waals surface area contributed by atoms with Crippen molar-refractivity contribution in [1.82, 2.24) is 0 Å². The topological polar surface area (TPSA) is 83.8 Å². The van der Waals surface area contributed by atoms with Crippen molar-refractivity contribution >= 4 is 11.9 Å². The summed E-state index contributed by atoms with van der Waals surface area (Å²) in [6, 6.07) is 6.77. The fourth-order valence-corrected chi connectivity index (χ4v) is 5.55. The van der Waals surface area contributed by atoms with Crippen LogP contribution in [0.25, 0.3) is 0 Å². The average molecular weight is 575 g/mol. The number of benzene rings is 1. The molecule has 0 amide bonds. The third-order valence-corrected chi connectivity index (χ3v) is 8.12. The molecule has 1 aromatic carbocycles. The number of hydrogen-bond acceptors (Lipinski definition) is 3. The first-order chi connectivity index (χ1) is 20.0. The quantitative estimate of drug-likeness (QED) is 0.0893. The van der Waals surface area contributed by atoms with Crippen LogP contribution in [-0.2, 0) is 22.4 Å². The van der Waals surface area contributed by atoms with Crippen LogP contribution in [0.1, 0.15) is 172 Å². The molecule has 5 heteroatoms. The Morgan fingerprint density at radius 2 is 0.951 bits per heavy atom. The summed E-state index contributed by atoms with van der Waals surface area (Å²) in [5.41, 5.74) is 2.92. The average Bonchev–Trinajstić information content (AvgIpc) is 2.95. The number of rotatable bonds is 30. The summed E-state index contributed by atoms with van der Waals surface area (Å²) in [6.07, 6.45) is 29.0. The van der Waals surface area contributed by atoms with Crippen LogP contribution in [0.2, 0.25) is 0 Å². The molecule has 0 saturated carbocycles. The van der Waals surface area contributed by atoms with Gasteiger partial charge in [-0.2, -0.15) is 0 Å². The minimum Gasteiger partial charge on any atom is -0.494 e. The molecule has 0 aliphatic carbocycles. The van der Waals surface area contributed by atoms with Crippen molar-refractivity contribution in [2.75, 3.05) is 6.61 Å². The van der Waals surface area contributed by atoms with E-state index in [0.29, 0.717) is 12.8 Å². The molecule has 41 heavy (non-hydrogen) atoms. The van der Waals surface area contributed by atoms with E-state index in [1.54, 1.807) is 0 Å².